The fourth-order valence-corrected chi connectivity index (χ4v) is 3.79. The first-order valence-corrected chi connectivity index (χ1v) is 7.31. The molecule has 0 aliphatic heterocycles. The molecule has 2 rings (SSSR count). The summed E-state index contributed by atoms with van der Waals surface area (Å²) in [5, 5.41) is 5.87. The Morgan fingerprint density at radius 1 is 1.60 bits per heavy atom. The van der Waals surface area contributed by atoms with Crippen LogP contribution in [0.2, 0.25) is 0 Å². The summed E-state index contributed by atoms with van der Waals surface area (Å²) in [7, 11) is 0. The first-order chi connectivity index (χ1) is 7.17. The monoisotopic (exact) mass is 287 g/mol. The van der Waals surface area contributed by atoms with E-state index in [1.807, 2.05) is 11.3 Å². The van der Waals surface area contributed by atoms with E-state index in [-0.39, 0.29) is 0 Å². The Bertz CT molecular complexity index is 330. The molecule has 1 saturated carbocycles. The molecular weight excluding hydrogens is 270 g/mol. The smallest absolute Gasteiger partial charge is 0.0480 e. The maximum atomic E-state index is 3.70. The number of hydrogen-bond acceptors (Lipinski definition) is 2. The van der Waals surface area contributed by atoms with Crippen molar-refractivity contribution in [3.8, 4) is 0 Å². The van der Waals surface area contributed by atoms with Gasteiger partial charge in [0.15, 0.2) is 0 Å². The molecule has 1 N–H and O–H groups in total. The standard InChI is InChI=1S/C12H18BrNS/c1-3-7-14-11(12(2)5-6-12)10-9(13)4-8-15-10/h4,8,11,14H,3,5-7H2,1-2H3. The Labute approximate surface area is 104 Å². The first-order valence-electron chi connectivity index (χ1n) is 5.63. The van der Waals surface area contributed by atoms with Crippen LogP contribution in [0.1, 0.15) is 44.0 Å². The third-order valence-electron chi connectivity index (χ3n) is 3.24. The molecule has 0 spiro atoms. The van der Waals surface area contributed by atoms with Crippen LogP contribution in [0, 0.1) is 5.41 Å². The summed E-state index contributed by atoms with van der Waals surface area (Å²) in [6.45, 7) is 5.74. The molecule has 1 aromatic heterocycles. The zero-order valence-electron chi connectivity index (χ0n) is 9.35. The van der Waals surface area contributed by atoms with Crippen molar-refractivity contribution < 1.29 is 0 Å². The average molecular weight is 288 g/mol. The summed E-state index contributed by atoms with van der Waals surface area (Å²) in [5.74, 6) is 0. The van der Waals surface area contributed by atoms with Crippen LogP contribution >= 0.6 is 27.3 Å². The van der Waals surface area contributed by atoms with Crippen molar-refractivity contribution in [2.75, 3.05) is 6.54 Å². The second-order valence-corrected chi connectivity index (χ2v) is 6.48. The molecule has 1 heterocycles. The van der Waals surface area contributed by atoms with Crippen LogP contribution in [0.3, 0.4) is 0 Å². The van der Waals surface area contributed by atoms with Crippen LogP contribution in [0.5, 0.6) is 0 Å². The lowest BCUT2D eigenvalue weighted by atomic mass is 9.97. The normalized spacial score (nSPS) is 20.2. The van der Waals surface area contributed by atoms with E-state index in [4.69, 9.17) is 0 Å². The predicted octanol–water partition coefficient (Wildman–Crippen LogP) is 4.35. The second-order valence-electron chi connectivity index (χ2n) is 4.67. The molecule has 0 amide bonds. The van der Waals surface area contributed by atoms with Crippen molar-refractivity contribution in [3.63, 3.8) is 0 Å². The summed E-state index contributed by atoms with van der Waals surface area (Å²) in [6.07, 6.45) is 3.92. The van der Waals surface area contributed by atoms with E-state index in [0.717, 1.165) is 6.54 Å². The molecule has 15 heavy (non-hydrogen) atoms. The van der Waals surface area contributed by atoms with Crippen molar-refractivity contribution in [3.05, 3.63) is 20.8 Å². The van der Waals surface area contributed by atoms with Gasteiger partial charge < -0.3 is 5.32 Å². The largest absolute Gasteiger partial charge is 0.309 e. The number of hydrogen-bond donors (Lipinski definition) is 1. The Morgan fingerprint density at radius 2 is 2.33 bits per heavy atom. The Balaban J connectivity index is 2.15. The maximum absolute atomic E-state index is 3.70. The molecular formula is C12H18BrNS. The number of nitrogens with one attached hydrogen (secondary N) is 1. The van der Waals surface area contributed by atoms with Crippen LogP contribution in [0.15, 0.2) is 15.9 Å². The summed E-state index contributed by atoms with van der Waals surface area (Å²) in [6, 6.07) is 2.71. The molecule has 1 aromatic rings. The van der Waals surface area contributed by atoms with Crippen molar-refractivity contribution in [2.24, 2.45) is 5.41 Å². The van der Waals surface area contributed by atoms with Crippen LogP contribution in [-0.2, 0) is 0 Å². The van der Waals surface area contributed by atoms with Crippen LogP contribution in [0.4, 0.5) is 0 Å². The minimum atomic E-state index is 0.503. The summed E-state index contributed by atoms with van der Waals surface area (Å²) in [5.41, 5.74) is 0.503. The molecule has 0 radical (unpaired) electrons. The van der Waals surface area contributed by atoms with Crippen LogP contribution in [0.25, 0.3) is 0 Å². The zero-order valence-corrected chi connectivity index (χ0v) is 11.7. The Morgan fingerprint density at radius 3 is 2.80 bits per heavy atom. The number of rotatable bonds is 5. The van der Waals surface area contributed by atoms with E-state index in [9.17, 15) is 0 Å². The van der Waals surface area contributed by atoms with E-state index in [0.29, 0.717) is 11.5 Å². The fourth-order valence-electron chi connectivity index (χ4n) is 1.94. The van der Waals surface area contributed by atoms with Gasteiger partial charge in [0, 0.05) is 15.4 Å². The molecule has 1 atom stereocenters. The quantitative estimate of drug-likeness (QED) is 0.849. The topological polar surface area (TPSA) is 12.0 Å². The SMILES string of the molecule is CCCNC(c1sccc1Br)C1(C)CC1. The van der Waals surface area contributed by atoms with Gasteiger partial charge >= 0.3 is 0 Å². The minimum Gasteiger partial charge on any atom is -0.309 e. The Hall–Kier alpha value is 0.140. The molecule has 1 unspecified atom stereocenters. The van der Waals surface area contributed by atoms with E-state index < -0.39 is 0 Å². The fraction of sp³-hybridized carbons (Fsp3) is 0.667. The van der Waals surface area contributed by atoms with Gasteiger partial charge in [-0.15, -0.1) is 11.3 Å². The molecule has 1 aliphatic rings. The summed E-state index contributed by atoms with van der Waals surface area (Å²) in [4.78, 5) is 1.48. The molecule has 0 saturated heterocycles. The number of halogens is 1. The summed E-state index contributed by atoms with van der Waals surface area (Å²) >= 11 is 5.52. The lowest BCUT2D eigenvalue weighted by molar-refractivity contribution is 0.371. The molecule has 0 bridgehead atoms. The average Bonchev–Trinajstić information content (AvgIpc) is 2.81. The van der Waals surface area contributed by atoms with Gasteiger partial charge in [0.1, 0.15) is 0 Å². The lowest BCUT2D eigenvalue weighted by Gasteiger charge is -2.24. The van der Waals surface area contributed by atoms with Crippen molar-refractivity contribution >= 4 is 27.3 Å². The number of thiophene rings is 1. The van der Waals surface area contributed by atoms with Gasteiger partial charge in [0.25, 0.3) is 0 Å². The van der Waals surface area contributed by atoms with Crippen molar-refractivity contribution in [1.29, 1.82) is 0 Å². The Kier molecular flexibility index (Phi) is 3.53. The maximum Gasteiger partial charge on any atom is 0.0480 e. The highest BCUT2D eigenvalue weighted by atomic mass is 79.9. The van der Waals surface area contributed by atoms with E-state index in [2.05, 4.69) is 46.5 Å². The highest BCUT2D eigenvalue weighted by Gasteiger charge is 2.46. The van der Waals surface area contributed by atoms with E-state index in [1.54, 1.807) is 0 Å². The molecule has 84 valence electrons. The van der Waals surface area contributed by atoms with Gasteiger partial charge in [-0.2, -0.15) is 0 Å². The van der Waals surface area contributed by atoms with Crippen LogP contribution < -0.4 is 5.32 Å². The van der Waals surface area contributed by atoms with Gasteiger partial charge in [-0.1, -0.05) is 13.8 Å². The van der Waals surface area contributed by atoms with Gasteiger partial charge in [-0.05, 0) is 58.6 Å². The molecule has 1 nitrogen and oxygen atoms in total. The summed E-state index contributed by atoms with van der Waals surface area (Å²) < 4.78 is 1.27. The highest BCUT2D eigenvalue weighted by molar-refractivity contribution is 9.10. The van der Waals surface area contributed by atoms with Gasteiger partial charge in [0.2, 0.25) is 0 Å². The minimum absolute atomic E-state index is 0.503. The van der Waals surface area contributed by atoms with Crippen molar-refractivity contribution in [1.82, 2.24) is 5.32 Å². The third-order valence-corrected chi connectivity index (χ3v) is 5.18. The van der Waals surface area contributed by atoms with Gasteiger partial charge in [-0.25, -0.2) is 0 Å². The van der Waals surface area contributed by atoms with Crippen molar-refractivity contribution in [2.45, 2.75) is 39.2 Å². The second kappa shape index (κ2) is 4.56. The predicted molar refractivity (Wildman–Crippen MR) is 70.4 cm³/mol. The molecule has 3 heteroatoms. The first kappa shape index (κ1) is 11.6. The highest BCUT2D eigenvalue weighted by Crippen LogP contribution is 2.56. The molecule has 1 aliphatic carbocycles. The van der Waals surface area contributed by atoms with E-state index in [1.165, 1.54) is 28.6 Å². The lowest BCUT2D eigenvalue weighted by Crippen LogP contribution is -2.28. The van der Waals surface area contributed by atoms with Crippen LogP contribution in [-0.4, -0.2) is 6.54 Å². The van der Waals surface area contributed by atoms with Gasteiger partial charge in [-0.3, -0.25) is 0 Å². The van der Waals surface area contributed by atoms with Gasteiger partial charge in [0.05, 0.1) is 0 Å². The molecule has 0 aromatic carbocycles. The van der Waals surface area contributed by atoms with E-state index >= 15 is 0 Å². The zero-order chi connectivity index (χ0) is 10.9. The molecule has 1 fully saturated rings. The third kappa shape index (κ3) is 2.45.